The highest BCUT2D eigenvalue weighted by atomic mass is 16.5. The van der Waals surface area contributed by atoms with Crippen LogP contribution in [0.4, 0.5) is 0 Å². The molecule has 1 fully saturated rings. The number of rotatable bonds is 6. The quantitative estimate of drug-likeness (QED) is 0.515. The van der Waals surface area contributed by atoms with E-state index in [1.807, 2.05) is 0 Å². The van der Waals surface area contributed by atoms with E-state index in [2.05, 4.69) is 30.3 Å². The summed E-state index contributed by atoms with van der Waals surface area (Å²) < 4.78 is 16.3. The normalized spacial score (nSPS) is 20.2. The van der Waals surface area contributed by atoms with Gasteiger partial charge in [-0.3, -0.25) is 4.79 Å². The fourth-order valence-corrected chi connectivity index (χ4v) is 4.61. The van der Waals surface area contributed by atoms with Gasteiger partial charge in [-0.1, -0.05) is 56.0 Å². The third-order valence-corrected chi connectivity index (χ3v) is 6.31. The Morgan fingerprint density at radius 2 is 1.40 bits per heavy atom. The first-order valence-corrected chi connectivity index (χ1v) is 11.1. The van der Waals surface area contributed by atoms with E-state index in [-0.39, 0.29) is 11.7 Å². The van der Waals surface area contributed by atoms with Gasteiger partial charge >= 0.3 is 0 Å². The van der Waals surface area contributed by atoms with Gasteiger partial charge in [-0.15, -0.1) is 0 Å². The van der Waals surface area contributed by atoms with Crippen molar-refractivity contribution in [1.82, 2.24) is 0 Å². The summed E-state index contributed by atoms with van der Waals surface area (Å²) in [5.41, 5.74) is 2.04. The Labute approximate surface area is 180 Å². The fraction of sp³-hybridized carbons (Fsp3) is 0.500. The molecule has 0 heterocycles. The molecule has 1 aliphatic rings. The highest BCUT2D eigenvalue weighted by Crippen LogP contribution is 2.40. The van der Waals surface area contributed by atoms with E-state index >= 15 is 0 Å². The Balaban J connectivity index is 1.82. The van der Waals surface area contributed by atoms with Crippen LogP contribution in [0.1, 0.15) is 73.2 Å². The molecule has 0 bridgehead atoms. The predicted octanol–water partition coefficient (Wildman–Crippen LogP) is 6.43. The zero-order chi connectivity index (χ0) is 21.3. The van der Waals surface area contributed by atoms with Crippen molar-refractivity contribution in [3.05, 3.63) is 53.6 Å². The second-order valence-electron chi connectivity index (χ2n) is 8.15. The van der Waals surface area contributed by atoms with Gasteiger partial charge in [-0.25, -0.2) is 0 Å². The molecule has 30 heavy (non-hydrogen) atoms. The topological polar surface area (TPSA) is 44.8 Å². The summed E-state index contributed by atoms with van der Waals surface area (Å²) in [6, 6.07) is 14.3. The second-order valence-corrected chi connectivity index (χ2v) is 8.15. The fourth-order valence-electron chi connectivity index (χ4n) is 4.61. The van der Waals surface area contributed by atoms with Crippen molar-refractivity contribution in [2.45, 2.75) is 57.3 Å². The molecule has 4 heteroatoms. The van der Waals surface area contributed by atoms with E-state index in [0.717, 1.165) is 25.7 Å². The number of methoxy groups -OCH3 is 3. The lowest BCUT2D eigenvalue weighted by Crippen LogP contribution is -2.17. The molecule has 162 valence electrons. The van der Waals surface area contributed by atoms with Crippen LogP contribution in [0.2, 0.25) is 0 Å². The minimum Gasteiger partial charge on any atom is -0.493 e. The standard InChI is InChI=1S/C26H34O4/c1-28-23-17-22(18-24(29-2)26(23)30-3)25(27)21-14-8-5-4-7-13-20(15-16-21)19-11-9-6-10-12-19/h6,9-12,17-18,20-21H,4-5,7-8,13-16H2,1-3H3. The molecule has 2 aromatic carbocycles. The van der Waals surface area contributed by atoms with Crippen LogP contribution in [-0.4, -0.2) is 27.1 Å². The summed E-state index contributed by atoms with van der Waals surface area (Å²) in [4.78, 5) is 13.5. The number of benzene rings is 2. The summed E-state index contributed by atoms with van der Waals surface area (Å²) in [5, 5.41) is 0. The van der Waals surface area contributed by atoms with Crippen LogP contribution < -0.4 is 14.2 Å². The summed E-state index contributed by atoms with van der Waals surface area (Å²) in [7, 11) is 4.74. The third-order valence-electron chi connectivity index (χ3n) is 6.31. The van der Waals surface area contributed by atoms with Crippen molar-refractivity contribution in [1.29, 1.82) is 0 Å². The Kier molecular flexibility index (Phi) is 8.18. The Bertz CT molecular complexity index is 790. The smallest absolute Gasteiger partial charge is 0.203 e. The van der Waals surface area contributed by atoms with E-state index in [0.29, 0.717) is 28.7 Å². The van der Waals surface area contributed by atoms with Crippen molar-refractivity contribution >= 4 is 5.78 Å². The maximum Gasteiger partial charge on any atom is 0.203 e. The van der Waals surface area contributed by atoms with Crippen LogP contribution in [0.25, 0.3) is 0 Å². The van der Waals surface area contributed by atoms with E-state index in [1.165, 1.54) is 31.2 Å². The highest BCUT2D eigenvalue weighted by Gasteiger charge is 2.25. The maximum absolute atomic E-state index is 13.5. The second kappa shape index (κ2) is 11.1. The first-order valence-electron chi connectivity index (χ1n) is 11.1. The Morgan fingerprint density at radius 3 is 2.00 bits per heavy atom. The lowest BCUT2D eigenvalue weighted by Gasteiger charge is -2.23. The van der Waals surface area contributed by atoms with E-state index in [9.17, 15) is 4.79 Å². The molecule has 0 amide bonds. The molecule has 0 aromatic heterocycles. The van der Waals surface area contributed by atoms with Gasteiger partial charge in [0.2, 0.25) is 5.75 Å². The summed E-state index contributed by atoms with van der Waals surface area (Å²) >= 11 is 0. The van der Waals surface area contributed by atoms with Crippen LogP contribution in [0.5, 0.6) is 17.2 Å². The minimum absolute atomic E-state index is 0.0251. The van der Waals surface area contributed by atoms with Gasteiger partial charge in [-0.2, -0.15) is 0 Å². The van der Waals surface area contributed by atoms with Crippen LogP contribution in [-0.2, 0) is 0 Å². The molecule has 4 nitrogen and oxygen atoms in total. The number of ether oxygens (including phenoxy) is 3. The Morgan fingerprint density at radius 1 is 0.767 bits per heavy atom. The van der Waals surface area contributed by atoms with Gasteiger partial charge < -0.3 is 14.2 Å². The van der Waals surface area contributed by atoms with Crippen LogP contribution in [0, 0.1) is 5.92 Å². The number of carbonyl (C=O) groups excluding carboxylic acids is 1. The van der Waals surface area contributed by atoms with Crippen LogP contribution >= 0.6 is 0 Å². The number of Topliss-reactive ketones (excluding diaryl/α,β-unsaturated/α-hetero) is 1. The summed E-state index contributed by atoms with van der Waals surface area (Å²) in [6.45, 7) is 0. The molecule has 0 radical (unpaired) electrons. The third kappa shape index (κ3) is 5.35. The molecular weight excluding hydrogens is 376 g/mol. The summed E-state index contributed by atoms with van der Waals surface area (Å²) in [5.74, 6) is 2.31. The average molecular weight is 411 g/mol. The van der Waals surface area contributed by atoms with E-state index in [4.69, 9.17) is 14.2 Å². The molecule has 2 aromatic rings. The van der Waals surface area contributed by atoms with Gasteiger partial charge in [0.25, 0.3) is 0 Å². The van der Waals surface area contributed by atoms with Crippen LogP contribution in [0.15, 0.2) is 42.5 Å². The molecule has 1 saturated carbocycles. The van der Waals surface area contributed by atoms with E-state index in [1.54, 1.807) is 33.5 Å². The van der Waals surface area contributed by atoms with E-state index < -0.39 is 0 Å². The lowest BCUT2D eigenvalue weighted by atomic mass is 9.81. The molecular formula is C26H34O4. The number of ketones is 1. The van der Waals surface area contributed by atoms with Crippen molar-refractivity contribution in [2.24, 2.45) is 5.92 Å². The minimum atomic E-state index is 0.0251. The molecule has 0 saturated heterocycles. The monoisotopic (exact) mass is 410 g/mol. The molecule has 0 N–H and O–H groups in total. The first-order chi connectivity index (χ1) is 14.7. The van der Waals surface area contributed by atoms with Crippen molar-refractivity contribution in [3.63, 3.8) is 0 Å². The highest BCUT2D eigenvalue weighted by molar-refractivity contribution is 5.99. The number of hydrogen-bond acceptors (Lipinski definition) is 4. The zero-order valence-corrected chi connectivity index (χ0v) is 18.5. The number of hydrogen-bond donors (Lipinski definition) is 0. The maximum atomic E-state index is 13.5. The predicted molar refractivity (Wildman–Crippen MR) is 120 cm³/mol. The zero-order valence-electron chi connectivity index (χ0n) is 18.5. The number of carbonyl (C=O) groups is 1. The van der Waals surface area contributed by atoms with Gasteiger partial charge in [0.1, 0.15) is 0 Å². The first kappa shape index (κ1) is 22.2. The Hall–Kier alpha value is -2.49. The van der Waals surface area contributed by atoms with Crippen molar-refractivity contribution in [2.75, 3.05) is 21.3 Å². The van der Waals surface area contributed by atoms with Crippen LogP contribution in [0.3, 0.4) is 0 Å². The van der Waals surface area contributed by atoms with Crippen molar-refractivity contribution < 1.29 is 19.0 Å². The van der Waals surface area contributed by atoms with Crippen molar-refractivity contribution in [3.8, 4) is 17.2 Å². The van der Waals surface area contributed by atoms with Gasteiger partial charge in [0.05, 0.1) is 21.3 Å². The SMILES string of the molecule is COc1cc(C(=O)C2CCCCCCC(c3ccccc3)CC2)cc(OC)c1OC. The molecule has 3 rings (SSSR count). The largest absolute Gasteiger partial charge is 0.493 e. The van der Waals surface area contributed by atoms with Gasteiger partial charge in [0, 0.05) is 11.5 Å². The van der Waals surface area contributed by atoms with Gasteiger partial charge in [-0.05, 0) is 49.3 Å². The average Bonchev–Trinajstić information content (AvgIpc) is 2.81. The lowest BCUT2D eigenvalue weighted by molar-refractivity contribution is 0.0898. The molecule has 0 aliphatic heterocycles. The summed E-state index contributed by atoms with van der Waals surface area (Å²) in [6.07, 6.45) is 8.92. The molecule has 2 atom stereocenters. The molecule has 1 aliphatic carbocycles. The molecule has 0 spiro atoms. The van der Waals surface area contributed by atoms with Gasteiger partial charge in [0.15, 0.2) is 17.3 Å². The molecule has 2 unspecified atom stereocenters.